The fraction of sp³-hybridized carbons (Fsp3) is 0.200. The summed E-state index contributed by atoms with van der Waals surface area (Å²) in [4.78, 5) is 0. The summed E-state index contributed by atoms with van der Waals surface area (Å²) in [6.45, 7) is 0.840. The van der Waals surface area contributed by atoms with Gasteiger partial charge in [0.1, 0.15) is 0 Å². The highest BCUT2D eigenvalue weighted by Crippen LogP contribution is 2.17. The fourth-order valence-electron chi connectivity index (χ4n) is 1.04. The number of nitrogens with two attached hydrogens (primary N) is 1. The summed E-state index contributed by atoms with van der Waals surface area (Å²) in [6.07, 6.45) is 4.00. The lowest BCUT2D eigenvalue weighted by molar-refractivity contribution is 0.922. The number of nitrogen functional groups attached to an aromatic ring is 1. The molecule has 0 fully saturated rings. The highest BCUT2D eigenvalue weighted by molar-refractivity contribution is 6.31. The Morgan fingerprint density at radius 3 is 2.85 bits per heavy atom. The second-order valence-electron chi connectivity index (χ2n) is 2.78. The number of likely N-dealkylation sites (N-methyl/N-ethyl adjacent to an activating group) is 1. The highest BCUT2D eigenvalue weighted by atomic mass is 35.5. The Bertz CT molecular complexity index is 288. The van der Waals surface area contributed by atoms with Crippen molar-refractivity contribution in [3.63, 3.8) is 0 Å². The molecule has 13 heavy (non-hydrogen) atoms. The van der Waals surface area contributed by atoms with Crippen LogP contribution < -0.4 is 11.1 Å². The topological polar surface area (TPSA) is 38.0 Å². The van der Waals surface area contributed by atoms with E-state index in [4.69, 9.17) is 17.3 Å². The van der Waals surface area contributed by atoms with Crippen molar-refractivity contribution < 1.29 is 0 Å². The maximum Gasteiger partial charge on any atom is 0.0432 e. The fourth-order valence-corrected chi connectivity index (χ4v) is 1.30. The van der Waals surface area contributed by atoms with Crippen molar-refractivity contribution in [1.82, 2.24) is 5.32 Å². The third-order valence-electron chi connectivity index (χ3n) is 1.57. The van der Waals surface area contributed by atoms with Gasteiger partial charge in [0.2, 0.25) is 0 Å². The van der Waals surface area contributed by atoms with E-state index >= 15 is 0 Å². The highest BCUT2D eigenvalue weighted by Gasteiger charge is 1.92. The minimum atomic E-state index is 0.670. The smallest absolute Gasteiger partial charge is 0.0432 e. The van der Waals surface area contributed by atoms with Crippen LogP contribution in [-0.4, -0.2) is 13.6 Å². The number of anilines is 1. The van der Waals surface area contributed by atoms with Gasteiger partial charge in [-0.15, -0.1) is 0 Å². The Morgan fingerprint density at radius 2 is 2.23 bits per heavy atom. The van der Waals surface area contributed by atoms with Crippen LogP contribution >= 0.6 is 11.6 Å². The van der Waals surface area contributed by atoms with Gasteiger partial charge < -0.3 is 11.1 Å². The lowest BCUT2D eigenvalue weighted by Crippen LogP contribution is -2.03. The van der Waals surface area contributed by atoms with E-state index in [0.29, 0.717) is 10.7 Å². The van der Waals surface area contributed by atoms with Crippen LogP contribution in [0.2, 0.25) is 5.02 Å². The van der Waals surface area contributed by atoms with Crippen molar-refractivity contribution in [3.05, 3.63) is 34.9 Å². The molecule has 70 valence electrons. The monoisotopic (exact) mass is 196 g/mol. The molecule has 0 radical (unpaired) electrons. The second kappa shape index (κ2) is 4.90. The maximum atomic E-state index is 5.83. The van der Waals surface area contributed by atoms with Gasteiger partial charge >= 0.3 is 0 Å². The molecule has 0 atom stereocenters. The SMILES string of the molecule is CNCC=Cc1cc(N)cc(Cl)c1. The Balaban J connectivity index is 2.77. The molecule has 0 spiro atoms. The molecule has 0 bridgehead atoms. The summed E-state index contributed by atoms with van der Waals surface area (Å²) in [7, 11) is 1.90. The predicted molar refractivity (Wildman–Crippen MR) is 58.8 cm³/mol. The lowest BCUT2D eigenvalue weighted by atomic mass is 10.2. The van der Waals surface area contributed by atoms with Crippen molar-refractivity contribution >= 4 is 23.4 Å². The van der Waals surface area contributed by atoms with E-state index in [1.54, 1.807) is 6.07 Å². The number of rotatable bonds is 3. The lowest BCUT2D eigenvalue weighted by Gasteiger charge is -1.98. The van der Waals surface area contributed by atoms with Crippen LogP contribution in [-0.2, 0) is 0 Å². The molecule has 2 nitrogen and oxygen atoms in total. The average Bonchev–Trinajstić information content (AvgIpc) is 2.03. The Morgan fingerprint density at radius 1 is 1.46 bits per heavy atom. The molecule has 1 aromatic carbocycles. The molecule has 0 saturated heterocycles. The van der Waals surface area contributed by atoms with E-state index < -0.39 is 0 Å². The van der Waals surface area contributed by atoms with Gasteiger partial charge in [-0.1, -0.05) is 23.8 Å². The largest absolute Gasteiger partial charge is 0.399 e. The van der Waals surface area contributed by atoms with E-state index in [0.717, 1.165) is 12.1 Å². The van der Waals surface area contributed by atoms with Crippen molar-refractivity contribution in [2.24, 2.45) is 0 Å². The Hall–Kier alpha value is -0.990. The molecule has 0 amide bonds. The van der Waals surface area contributed by atoms with Gasteiger partial charge in [0, 0.05) is 17.3 Å². The summed E-state index contributed by atoms with van der Waals surface area (Å²) in [5, 5.41) is 3.69. The number of benzene rings is 1. The van der Waals surface area contributed by atoms with Crippen LogP contribution in [0.3, 0.4) is 0 Å². The zero-order valence-electron chi connectivity index (χ0n) is 7.55. The molecule has 0 aliphatic carbocycles. The zero-order chi connectivity index (χ0) is 9.68. The second-order valence-corrected chi connectivity index (χ2v) is 3.21. The molecular weight excluding hydrogens is 184 g/mol. The van der Waals surface area contributed by atoms with Crippen molar-refractivity contribution in [2.45, 2.75) is 0 Å². The molecule has 0 aliphatic rings. The van der Waals surface area contributed by atoms with Crippen LogP contribution in [0.25, 0.3) is 6.08 Å². The molecule has 0 aromatic heterocycles. The molecule has 0 saturated carbocycles. The molecular formula is C10H13ClN2. The third kappa shape index (κ3) is 3.49. The van der Waals surface area contributed by atoms with Crippen LogP contribution in [0.4, 0.5) is 5.69 Å². The van der Waals surface area contributed by atoms with Gasteiger partial charge in [-0.2, -0.15) is 0 Å². The van der Waals surface area contributed by atoms with E-state index in [2.05, 4.69) is 5.32 Å². The van der Waals surface area contributed by atoms with Crippen LogP contribution in [0, 0.1) is 0 Å². The van der Waals surface area contributed by atoms with Gasteiger partial charge in [0.15, 0.2) is 0 Å². The molecule has 1 aromatic rings. The minimum absolute atomic E-state index is 0.670. The van der Waals surface area contributed by atoms with Crippen LogP contribution in [0.5, 0.6) is 0 Å². The van der Waals surface area contributed by atoms with Gasteiger partial charge in [0.25, 0.3) is 0 Å². The van der Waals surface area contributed by atoms with Crippen molar-refractivity contribution in [1.29, 1.82) is 0 Å². The molecule has 0 heterocycles. The minimum Gasteiger partial charge on any atom is -0.399 e. The summed E-state index contributed by atoms with van der Waals surface area (Å²) < 4.78 is 0. The number of nitrogens with one attached hydrogen (secondary N) is 1. The van der Waals surface area contributed by atoms with E-state index in [1.165, 1.54) is 0 Å². The summed E-state index contributed by atoms with van der Waals surface area (Å²) >= 11 is 5.83. The number of hydrogen-bond donors (Lipinski definition) is 2. The first-order valence-corrected chi connectivity index (χ1v) is 4.47. The van der Waals surface area contributed by atoms with Crippen LogP contribution in [0.1, 0.15) is 5.56 Å². The first-order valence-electron chi connectivity index (χ1n) is 4.09. The van der Waals surface area contributed by atoms with Gasteiger partial charge in [-0.05, 0) is 30.8 Å². The maximum absolute atomic E-state index is 5.83. The summed E-state index contributed by atoms with van der Waals surface area (Å²) in [5.41, 5.74) is 7.35. The molecule has 3 heteroatoms. The summed E-state index contributed by atoms with van der Waals surface area (Å²) in [6, 6.07) is 5.50. The van der Waals surface area contributed by atoms with E-state index in [9.17, 15) is 0 Å². The number of hydrogen-bond acceptors (Lipinski definition) is 2. The van der Waals surface area contributed by atoms with Gasteiger partial charge in [-0.25, -0.2) is 0 Å². The van der Waals surface area contributed by atoms with Crippen molar-refractivity contribution in [2.75, 3.05) is 19.3 Å². The van der Waals surface area contributed by atoms with E-state index in [1.807, 2.05) is 31.3 Å². The standard InChI is InChI=1S/C10H13ClN2/c1-13-4-2-3-8-5-9(11)7-10(12)6-8/h2-3,5-7,13H,4,12H2,1H3. The molecule has 0 unspecified atom stereocenters. The normalized spacial score (nSPS) is 10.9. The molecule has 3 N–H and O–H groups in total. The van der Waals surface area contributed by atoms with E-state index in [-0.39, 0.29) is 0 Å². The third-order valence-corrected chi connectivity index (χ3v) is 1.79. The quantitative estimate of drug-likeness (QED) is 0.728. The molecule has 0 aliphatic heterocycles. The van der Waals surface area contributed by atoms with Gasteiger partial charge in [-0.3, -0.25) is 0 Å². The number of halogens is 1. The van der Waals surface area contributed by atoms with Crippen molar-refractivity contribution in [3.8, 4) is 0 Å². The first-order chi connectivity index (χ1) is 6.22. The first kappa shape index (κ1) is 10.1. The zero-order valence-corrected chi connectivity index (χ0v) is 8.31. The Kier molecular flexibility index (Phi) is 3.80. The van der Waals surface area contributed by atoms with Gasteiger partial charge in [0.05, 0.1) is 0 Å². The summed E-state index contributed by atoms with van der Waals surface area (Å²) in [5.74, 6) is 0. The van der Waals surface area contributed by atoms with Crippen LogP contribution in [0.15, 0.2) is 24.3 Å². The Labute approximate surface area is 83.4 Å². The predicted octanol–water partition coefficient (Wildman–Crippen LogP) is 2.15. The molecule has 1 rings (SSSR count). The average molecular weight is 197 g/mol.